The Morgan fingerprint density at radius 1 is 1.05 bits per heavy atom. The third-order valence-corrected chi connectivity index (χ3v) is 3.70. The average Bonchev–Trinajstić information content (AvgIpc) is 2.37. The van der Waals surface area contributed by atoms with E-state index in [-0.39, 0.29) is 18.3 Å². The zero-order chi connectivity index (χ0) is 15.0. The number of aromatic nitrogens is 2. The van der Waals surface area contributed by atoms with Crippen LogP contribution in [0.5, 0.6) is 0 Å². The molecule has 1 fully saturated rings. The molecule has 1 aliphatic heterocycles. The molecule has 0 amide bonds. The molecule has 1 aliphatic rings. The topological polar surface area (TPSA) is 29.0 Å². The maximum atomic E-state index is 12.6. The normalized spacial score (nSPS) is 18.4. The van der Waals surface area contributed by atoms with Gasteiger partial charge in [-0.15, -0.1) is 5.10 Å². The van der Waals surface area contributed by atoms with Crippen LogP contribution in [0.3, 0.4) is 0 Å². The third-order valence-electron chi connectivity index (χ3n) is 3.70. The van der Waals surface area contributed by atoms with Gasteiger partial charge in [-0.1, -0.05) is 20.8 Å². The number of hydrogen-bond acceptors (Lipinski definition) is 3. The quantitative estimate of drug-likeness (QED) is 0.791. The highest BCUT2D eigenvalue weighted by Crippen LogP contribution is 2.35. The maximum absolute atomic E-state index is 12.6. The number of rotatable bonds is 1. The van der Waals surface area contributed by atoms with E-state index in [0.717, 1.165) is 5.69 Å². The van der Waals surface area contributed by atoms with Crippen LogP contribution in [0.1, 0.15) is 39.3 Å². The van der Waals surface area contributed by atoms with Crippen molar-refractivity contribution in [3.8, 4) is 0 Å². The molecule has 1 aromatic rings. The van der Waals surface area contributed by atoms with Gasteiger partial charge in [0.05, 0.1) is 11.6 Å². The molecular formula is C14H20F3N3. The zero-order valence-corrected chi connectivity index (χ0v) is 12.0. The van der Waals surface area contributed by atoms with Crippen LogP contribution in [-0.2, 0) is 5.41 Å². The Balaban J connectivity index is 2.01. The average molecular weight is 287 g/mol. The molecule has 20 heavy (non-hydrogen) atoms. The number of halogens is 3. The van der Waals surface area contributed by atoms with Crippen LogP contribution in [0.25, 0.3) is 0 Å². The summed E-state index contributed by atoms with van der Waals surface area (Å²) in [4.78, 5) is 1.88. The van der Waals surface area contributed by atoms with E-state index in [4.69, 9.17) is 0 Å². The van der Waals surface area contributed by atoms with Crippen molar-refractivity contribution < 1.29 is 13.2 Å². The molecule has 2 rings (SSSR count). The smallest absolute Gasteiger partial charge is 0.355 e. The highest BCUT2D eigenvalue weighted by molar-refractivity contribution is 5.38. The Morgan fingerprint density at radius 2 is 1.65 bits per heavy atom. The molecule has 0 atom stereocenters. The van der Waals surface area contributed by atoms with Crippen molar-refractivity contribution in [1.29, 1.82) is 0 Å². The first-order valence-electron chi connectivity index (χ1n) is 6.84. The fourth-order valence-corrected chi connectivity index (χ4v) is 2.33. The Morgan fingerprint density at radius 3 is 2.05 bits per heavy atom. The lowest BCUT2D eigenvalue weighted by Crippen LogP contribution is -2.39. The van der Waals surface area contributed by atoms with E-state index in [2.05, 4.69) is 10.2 Å². The number of hydrogen-bond donors (Lipinski definition) is 0. The zero-order valence-electron chi connectivity index (χ0n) is 12.0. The summed E-state index contributed by atoms with van der Waals surface area (Å²) in [6.45, 7) is 6.91. The molecule has 0 aliphatic carbocycles. The van der Waals surface area contributed by atoms with Crippen LogP contribution in [0.2, 0.25) is 0 Å². The van der Waals surface area contributed by atoms with Crippen LogP contribution in [0, 0.1) is 5.92 Å². The number of alkyl halides is 3. The van der Waals surface area contributed by atoms with Crippen LogP contribution in [0.4, 0.5) is 19.0 Å². The van der Waals surface area contributed by atoms with E-state index in [1.807, 2.05) is 37.8 Å². The molecule has 2 heterocycles. The fraction of sp³-hybridized carbons (Fsp3) is 0.714. The van der Waals surface area contributed by atoms with E-state index in [9.17, 15) is 13.2 Å². The van der Waals surface area contributed by atoms with Crippen LogP contribution in [0.15, 0.2) is 12.1 Å². The van der Waals surface area contributed by atoms with Gasteiger partial charge in [0.25, 0.3) is 0 Å². The van der Waals surface area contributed by atoms with Crippen LogP contribution >= 0.6 is 0 Å². The van der Waals surface area contributed by atoms with Crippen molar-refractivity contribution >= 4 is 5.82 Å². The van der Waals surface area contributed by atoms with E-state index >= 15 is 0 Å². The van der Waals surface area contributed by atoms with E-state index in [1.54, 1.807) is 0 Å². The van der Waals surface area contributed by atoms with Gasteiger partial charge in [0.15, 0.2) is 5.82 Å². The Kier molecular flexibility index (Phi) is 3.93. The van der Waals surface area contributed by atoms with Gasteiger partial charge < -0.3 is 4.90 Å². The molecule has 0 unspecified atom stereocenters. The molecule has 6 heteroatoms. The highest BCUT2D eigenvalue weighted by Gasteiger charge is 2.41. The largest absolute Gasteiger partial charge is 0.391 e. The minimum absolute atomic E-state index is 0.0746. The standard InChI is InChI=1S/C14H20F3N3/c1-13(2,3)11-4-5-12(19-18-11)20-8-6-10(7-9-20)14(15,16)17/h4-5,10H,6-9H2,1-3H3. The molecular weight excluding hydrogens is 267 g/mol. The molecule has 112 valence electrons. The molecule has 0 spiro atoms. The van der Waals surface area contributed by atoms with E-state index < -0.39 is 12.1 Å². The van der Waals surface area contributed by atoms with Crippen LogP contribution in [-0.4, -0.2) is 29.5 Å². The van der Waals surface area contributed by atoms with Crippen molar-refractivity contribution in [2.24, 2.45) is 5.92 Å². The molecule has 0 aromatic carbocycles. The van der Waals surface area contributed by atoms with Gasteiger partial charge >= 0.3 is 6.18 Å². The fourth-order valence-electron chi connectivity index (χ4n) is 2.33. The van der Waals surface area contributed by atoms with Crippen molar-refractivity contribution in [2.75, 3.05) is 18.0 Å². The Labute approximate surface area is 117 Å². The van der Waals surface area contributed by atoms with E-state index in [0.29, 0.717) is 18.9 Å². The van der Waals surface area contributed by atoms with Crippen molar-refractivity contribution in [3.05, 3.63) is 17.8 Å². The molecule has 0 radical (unpaired) electrons. The monoisotopic (exact) mass is 287 g/mol. The second kappa shape index (κ2) is 5.22. The second-order valence-electron chi connectivity index (χ2n) is 6.33. The summed E-state index contributed by atoms with van der Waals surface area (Å²) in [5.74, 6) is -0.515. The minimum Gasteiger partial charge on any atom is -0.355 e. The highest BCUT2D eigenvalue weighted by atomic mass is 19.4. The van der Waals surface area contributed by atoms with Gasteiger partial charge in [-0.2, -0.15) is 18.3 Å². The van der Waals surface area contributed by atoms with Crippen molar-refractivity contribution in [3.63, 3.8) is 0 Å². The molecule has 3 nitrogen and oxygen atoms in total. The van der Waals surface area contributed by atoms with Crippen molar-refractivity contribution in [2.45, 2.75) is 45.2 Å². The summed E-state index contributed by atoms with van der Waals surface area (Å²) < 4.78 is 37.8. The first kappa shape index (κ1) is 15.1. The number of nitrogens with zero attached hydrogens (tertiary/aromatic N) is 3. The molecule has 1 aromatic heterocycles. The number of piperidine rings is 1. The molecule has 0 N–H and O–H groups in total. The first-order chi connectivity index (χ1) is 9.18. The predicted molar refractivity (Wildman–Crippen MR) is 71.7 cm³/mol. The van der Waals surface area contributed by atoms with Gasteiger partial charge in [0.1, 0.15) is 0 Å². The SMILES string of the molecule is CC(C)(C)c1ccc(N2CCC(C(F)(F)F)CC2)nn1. The Hall–Kier alpha value is -1.33. The summed E-state index contributed by atoms with van der Waals surface area (Å²) in [6.07, 6.45) is -3.81. The minimum atomic E-state index is -4.08. The van der Waals surface area contributed by atoms with Gasteiger partial charge in [-0.25, -0.2) is 0 Å². The van der Waals surface area contributed by atoms with Gasteiger partial charge in [0.2, 0.25) is 0 Å². The second-order valence-corrected chi connectivity index (χ2v) is 6.33. The van der Waals surface area contributed by atoms with Gasteiger partial charge in [0, 0.05) is 18.5 Å². The maximum Gasteiger partial charge on any atom is 0.391 e. The third kappa shape index (κ3) is 3.41. The van der Waals surface area contributed by atoms with E-state index in [1.165, 1.54) is 0 Å². The summed E-state index contributed by atoms with van der Waals surface area (Å²) >= 11 is 0. The molecule has 0 bridgehead atoms. The first-order valence-corrected chi connectivity index (χ1v) is 6.84. The molecule has 0 saturated carbocycles. The summed E-state index contributed by atoms with van der Waals surface area (Å²) in [7, 11) is 0. The molecule has 1 saturated heterocycles. The lowest BCUT2D eigenvalue weighted by atomic mass is 9.92. The summed E-state index contributed by atoms with van der Waals surface area (Å²) in [5, 5.41) is 8.33. The van der Waals surface area contributed by atoms with Gasteiger partial charge in [-0.05, 0) is 25.0 Å². The van der Waals surface area contributed by atoms with Crippen molar-refractivity contribution in [1.82, 2.24) is 10.2 Å². The predicted octanol–water partition coefficient (Wildman–Crippen LogP) is 3.55. The summed E-state index contributed by atoms with van der Waals surface area (Å²) in [5.41, 5.74) is 0.806. The lowest BCUT2D eigenvalue weighted by Gasteiger charge is -2.33. The summed E-state index contributed by atoms with van der Waals surface area (Å²) in [6, 6.07) is 3.75. The van der Waals surface area contributed by atoms with Gasteiger partial charge in [-0.3, -0.25) is 0 Å². The Bertz CT molecular complexity index is 440. The number of anilines is 1. The lowest BCUT2D eigenvalue weighted by molar-refractivity contribution is -0.179. The van der Waals surface area contributed by atoms with Crippen LogP contribution < -0.4 is 4.90 Å².